The summed E-state index contributed by atoms with van der Waals surface area (Å²) in [4.78, 5) is 21.9. The lowest BCUT2D eigenvalue weighted by Gasteiger charge is -2.06. The van der Waals surface area contributed by atoms with Crippen molar-refractivity contribution in [2.75, 3.05) is 6.54 Å². The summed E-state index contributed by atoms with van der Waals surface area (Å²) in [7, 11) is 0. The monoisotopic (exact) mass is 247 g/mol. The normalized spacial score (nSPS) is 13.1. The molecule has 0 saturated carbocycles. The predicted molar refractivity (Wildman–Crippen MR) is 67.4 cm³/mol. The maximum absolute atomic E-state index is 11.6. The van der Waals surface area contributed by atoms with Crippen molar-refractivity contribution in [1.82, 2.24) is 5.32 Å². The Morgan fingerprint density at radius 3 is 2.78 bits per heavy atom. The topological polar surface area (TPSA) is 66.4 Å². The van der Waals surface area contributed by atoms with E-state index in [-0.39, 0.29) is 18.9 Å². The number of benzene rings is 1. The zero-order valence-corrected chi connectivity index (χ0v) is 10.2. The molecule has 0 heterocycles. The lowest BCUT2D eigenvalue weighted by Crippen LogP contribution is -2.27. The third-order valence-corrected chi connectivity index (χ3v) is 3.19. The second kappa shape index (κ2) is 5.67. The first-order valence-corrected chi connectivity index (χ1v) is 6.24. The van der Waals surface area contributed by atoms with Gasteiger partial charge in [0.2, 0.25) is 5.91 Å². The van der Waals surface area contributed by atoms with Crippen molar-refractivity contribution in [2.45, 2.75) is 32.1 Å². The molecule has 1 aromatic carbocycles. The van der Waals surface area contributed by atoms with Gasteiger partial charge in [0.1, 0.15) is 0 Å². The van der Waals surface area contributed by atoms with Crippen molar-refractivity contribution in [3.8, 4) is 0 Å². The highest BCUT2D eigenvalue weighted by Crippen LogP contribution is 2.22. The maximum atomic E-state index is 11.6. The third kappa shape index (κ3) is 3.32. The van der Waals surface area contributed by atoms with Crippen molar-refractivity contribution in [3.63, 3.8) is 0 Å². The van der Waals surface area contributed by atoms with Crippen LogP contribution in [0, 0.1) is 0 Å². The van der Waals surface area contributed by atoms with Crippen molar-refractivity contribution >= 4 is 11.9 Å². The van der Waals surface area contributed by atoms with Crippen LogP contribution in [0.15, 0.2) is 18.2 Å². The molecule has 0 bridgehead atoms. The van der Waals surface area contributed by atoms with Crippen molar-refractivity contribution in [3.05, 3.63) is 34.9 Å². The molecule has 0 unspecified atom stereocenters. The number of nitrogens with one attached hydrogen (secondary N) is 1. The minimum Gasteiger partial charge on any atom is -0.481 e. The molecular weight excluding hydrogens is 230 g/mol. The quantitative estimate of drug-likeness (QED) is 0.824. The number of fused-ring (bicyclic) bond motifs is 1. The molecule has 1 aromatic rings. The number of carbonyl (C=O) groups excluding carboxylic acids is 1. The molecule has 96 valence electrons. The van der Waals surface area contributed by atoms with Crippen LogP contribution in [-0.4, -0.2) is 23.5 Å². The van der Waals surface area contributed by atoms with Gasteiger partial charge in [0, 0.05) is 6.54 Å². The Morgan fingerprint density at radius 1 is 1.22 bits per heavy atom. The second-order valence-corrected chi connectivity index (χ2v) is 4.63. The van der Waals surface area contributed by atoms with E-state index >= 15 is 0 Å². The van der Waals surface area contributed by atoms with E-state index in [9.17, 15) is 9.59 Å². The molecule has 18 heavy (non-hydrogen) atoms. The fraction of sp³-hybridized carbons (Fsp3) is 0.429. The van der Waals surface area contributed by atoms with Gasteiger partial charge in [-0.3, -0.25) is 9.59 Å². The number of amides is 1. The number of carboxylic acid groups (broad SMARTS) is 1. The van der Waals surface area contributed by atoms with Gasteiger partial charge in [-0.1, -0.05) is 18.2 Å². The summed E-state index contributed by atoms with van der Waals surface area (Å²) < 4.78 is 0. The Bertz CT molecular complexity index is 468. The number of aryl methyl sites for hydroxylation is 2. The molecule has 0 radical (unpaired) electrons. The molecule has 0 saturated heterocycles. The van der Waals surface area contributed by atoms with Gasteiger partial charge in [-0.05, 0) is 36.0 Å². The summed E-state index contributed by atoms with van der Waals surface area (Å²) in [5.74, 6) is -1.01. The number of rotatable bonds is 5. The van der Waals surface area contributed by atoms with Crippen LogP contribution in [0.4, 0.5) is 0 Å². The van der Waals surface area contributed by atoms with Crippen LogP contribution in [0.25, 0.3) is 0 Å². The fourth-order valence-electron chi connectivity index (χ4n) is 2.29. The SMILES string of the molecule is O=C(O)CCNC(=O)Cc1ccc2c(c1)CCC2. The number of hydrogen-bond acceptors (Lipinski definition) is 2. The van der Waals surface area contributed by atoms with E-state index in [4.69, 9.17) is 5.11 Å². The zero-order chi connectivity index (χ0) is 13.0. The van der Waals surface area contributed by atoms with Crippen LogP contribution in [0.3, 0.4) is 0 Å². The minimum absolute atomic E-state index is 0.0318. The summed E-state index contributed by atoms with van der Waals surface area (Å²) in [6, 6.07) is 6.18. The number of carbonyl (C=O) groups is 2. The lowest BCUT2D eigenvalue weighted by atomic mass is 10.0. The summed E-state index contributed by atoms with van der Waals surface area (Å²) in [5.41, 5.74) is 3.75. The molecular formula is C14H17NO3. The number of carboxylic acids is 1. The molecule has 1 amide bonds. The highest BCUT2D eigenvalue weighted by atomic mass is 16.4. The van der Waals surface area contributed by atoms with E-state index < -0.39 is 5.97 Å². The highest BCUT2D eigenvalue weighted by Gasteiger charge is 2.12. The van der Waals surface area contributed by atoms with Gasteiger partial charge < -0.3 is 10.4 Å². The highest BCUT2D eigenvalue weighted by molar-refractivity contribution is 5.79. The zero-order valence-electron chi connectivity index (χ0n) is 10.2. The molecule has 2 rings (SSSR count). The summed E-state index contributed by atoms with van der Waals surface area (Å²) in [6.07, 6.45) is 3.73. The molecule has 0 aromatic heterocycles. The van der Waals surface area contributed by atoms with E-state index in [0.717, 1.165) is 18.4 Å². The first-order valence-electron chi connectivity index (χ1n) is 6.24. The van der Waals surface area contributed by atoms with Gasteiger partial charge in [0.25, 0.3) is 0 Å². The smallest absolute Gasteiger partial charge is 0.305 e. The number of aliphatic carboxylic acids is 1. The van der Waals surface area contributed by atoms with Crippen LogP contribution in [0.5, 0.6) is 0 Å². The summed E-state index contributed by atoms with van der Waals surface area (Å²) in [5, 5.41) is 11.1. The molecule has 1 aliphatic carbocycles. The molecule has 0 atom stereocenters. The average Bonchev–Trinajstić information content (AvgIpc) is 2.75. The van der Waals surface area contributed by atoms with Crippen LogP contribution < -0.4 is 5.32 Å². The summed E-state index contributed by atoms with van der Waals surface area (Å²) in [6.45, 7) is 0.194. The van der Waals surface area contributed by atoms with Crippen molar-refractivity contribution in [1.29, 1.82) is 0 Å². The lowest BCUT2D eigenvalue weighted by molar-refractivity contribution is -0.136. The standard InChI is InChI=1S/C14H17NO3/c16-13(15-7-6-14(17)18)9-10-4-5-11-2-1-3-12(11)8-10/h4-5,8H,1-3,6-7,9H2,(H,15,16)(H,17,18). The largest absolute Gasteiger partial charge is 0.481 e. The van der Waals surface area contributed by atoms with Crippen LogP contribution in [-0.2, 0) is 28.9 Å². The first kappa shape index (κ1) is 12.6. The van der Waals surface area contributed by atoms with Gasteiger partial charge in [0.15, 0.2) is 0 Å². The Morgan fingerprint density at radius 2 is 2.00 bits per heavy atom. The third-order valence-electron chi connectivity index (χ3n) is 3.19. The molecule has 0 spiro atoms. The van der Waals surface area contributed by atoms with E-state index in [0.29, 0.717) is 6.42 Å². The molecule has 1 aliphatic rings. The first-order chi connectivity index (χ1) is 8.65. The molecule has 0 aliphatic heterocycles. The van der Waals surface area contributed by atoms with Gasteiger partial charge in [-0.2, -0.15) is 0 Å². The van der Waals surface area contributed by atoms with E-state index in [1.165, 1.54) is 17.5 Å². The van der Waals surface area contributed by atoms with E-state index in [1.807, 2.05) is 6.07 Å². The fourth-order valence-corrected chi connectivity index (χ4v) is 2.29. The maximum Gasteiger partial charge on any atom is 0.305 e. The minimum atomic E-state index is -0.896. The Labute approximate surface area is 106 Å². The van der Waals surface area contributed by atoms with Crippen molar-refractivity contribution in [2.24, 2.45) is 0 Å². The van der Waals surface area contributed by atoms with Crippen molar-refractivity contribution < 1.29 is 14.7 Å². The van der Waals surface area contributed by atoms with Gasteiger partial charge in [-0.15, -0.1) is 0 Å². The molecule has 0 fully saturated rings. The van der Waals surface area contributed by atoms with Gasteiger partial charge in [0.05, 0.1) is 12.8 Å². The molecule has 4 heteroatoms. The average molecular weight is 247 g/mol. The Hall–Kier alpha value is -1.84. The van der Waals surface area contributed by atoms with Gasteiger partial charge >= 0.3 is 5.97 Å². The Balaban J connectivity index is 1.85. The van der Waals surface area contributed by atoms with Crippen LogP contribution in [0.1, 0.15) is 29.5 Å². The predicted octanol–water partition coefficient (Wildman–Crippen LogP) is 1.31. The van der Waals surface area contributed by atoms with Crippen LogP contribution >= 0.6 is 0 Å². The van der Waals surface area contributed by atoms with E-state index in [2.05, 4.69) is 17.4 Å². The Kier molecular flexibility index (Phi) is 3.97. The summed E-state index contributed by atoms with van der Waals surface area (Å²) >= 11 is 0. The molecule has 2 N–H and O–H groups in total. The second-order valence-electron chi connectivity index (χ2n) is 4.63. The van der Waals surface area contributed by atoms with E-state index in [1.54, 1.807) is 0 Å². The number of hydrogen-bond donors (Lipinski definition) is 2. The van der Waals surface area contributed by atoms with Crippen LogP contribution in [0.2, 0.25) is 0 Å². The molecule has 4 nitrogen and oxygen atoms in total. The van der Waals surface area contributed by atoms with Gasteiger partial charge in [-0.25, -0.2) is 0 Å².